The van der Waals surface area contributed by atoms with Crippen LogP contribution in [0.15, 0.2) is 52.9 Å². The van der Waals surface area contributed by atoms with Crippen LogP contribution in [0.1, 0.15) is 18.4 Å². The summed E-state index contributed by atoms with van der Waals surface area (Å²) in [4.78, 5) is 6.66. The molecule has 2 aromatic carbocycles. The van der Waals surface area contributed by atoms with Crippen molar-refractivity contribution in [3.63, 3.8) is 0 Å². The van der Waals surface area contributed by atoms with Crippen LogP contribution < -0.4 is 9.62 Å². The van der Waals surface area contributed by atoms with Gasteiger partial charge in [0.2, 0.25) is 10.0 Å². The lowest BCUT2D eigenvalue weighted by Crippen LogP contribution is -2.39. The van der Waals surface area contributed by atoms with Crippen molar-refractivity contribution in [1.29, 1.82) is 0 Å². The SMILES string of the molecule is O=S(=O)(Cc1cccc(Cl)c1)NCC1CCN(c2nc3ccccc3o2)CC1. The molecule has 2 heterocycles. The number of rotatable bonds is 6. The number of fused-ring (bicyclic) bond motifs is 1. The third-order valence-corrected chi connectivity index (χ3v) is 6.56. The Balaban J connectivity index is 1.29. The molecule has 1 fully saturated rings. The summed E-state index contributed by atoms with van der Waals surface area (Å²) in [6.07, 6.45) is 1.77. The molecule has 0 spiro atoms. The molecule has 1 aliphatic heterocycles. The minimum Gasteiger partial charge on any atom is -0.423 e. The van der Waals surface area contributed by atoms with Crippen LogP contribution >= 0.6 is 11.6 Å². The highest BCUT2D eigenvalue weighted by Crippen LogP contribution is 2.26. The average molecular weight is 420 g/mol. The van der Waals surface area contributed by atoms with Crippen molar-refractivity contribution in [1.82, 2.24) is 9.71 Å². The smallest absolute Gasteiger partial charge is 0.298 e. The molecule has 148 valence electrons. The third kappa shape index (κ3) is 4.66. The van der Waals surface area contributed by atoms with Gasteiger partial charge in [0.15, 0.2) is 5.58 Å². The molecule has 0 aliphatic carbocycles. The number of halogens is 1. The van der Waals surface area contributed by atoms with Crippen LogP contribution in [0.3, 0.4) is 0 Å². The van der Waals surface area contributed by atoms with E-state index in [-0.39, 0.29) is 5.75 Å². The van der Waals surface area contributed by atoms with Crippen LogP contribution in [-0.2, 0) is 15.8 Å². The molecule has 1 saturated heterocycles. The summed E-state index contributed by atoms with van der Waals surface area (Å²) in [7, 11) is -3.39. The molecular weight excluding hydrogens is 398 g/mol. The first-order valence-corrected chi connectivity index (χ1v) is 11.3. The maximum Gasteiger partial charge on any atom is 0.298 e. The number of nitrogens with one attached hydrogen (secondary N) is 1. The summed E-state index contributed by atoms with van der Waals surface area (Å²) in [5.41, 5.74) is 2.33. The van der Waals surface area contributed by atoms with E-state index in [1.54, 1.807) is 24.3 Å². The molecular formula is C20H22ClN3O3S. The van der Waals surface area contributed by atoms with Gasteiger partial charge >= 0.3 is 0 Å². The Morgan fingerprint density at radius 1 is 1.14 bits per heavy atom. The highest BCUT2D eigenvalue weighted by molar-refractivity contribution is 7.88. The van der Waals surface area contributed by atoms with E-state index >= 15 is 0 Å². The fourth-order valence-corrected chi connectivity index (χ4v) is 4.89. The molecule has 0 atom stereocenters. The van der Waals surface area contributed by atoms with Crippen molar-refractivity contribution >= 4 is 38.7 Å². The Labute approximate surface area is 169 Å². The van der Waals surface area contributed by atoms with Gasteiger partial charge in [-0.05, 0) is 48.6 Å². The van der Waals surface area contributed by atoms with Crippen LogP contribution in [-0.4, -0.2) is 33.0 Å². The zero-order valence-corrected chi connectivity index (χ0v) is 16.9. The van der Waals surface area contributed by atoms with E-state index in [1.165, 1.54) is 0 Å². The van der Waals surface area contributed by atoms with E-state index in [4.69, 9.17) is 16.0 Å². The van der Waals surface area contributed by atoms with Gasteiger partial charge in [-0.1, -0.05) is 35.9 Å². The standard InChI is InChI=1S/C20H22ClN3O3S/c21-17-5-3-4-16(12-17)14-28(25,26)22-13-15-8-10-24(11-9-15)20-23-18-6-1-2-7-19(18)27-20/h1-7,12,15,22H,8-11,13-14H2. The van der Waals surface area contributed by atoms with Crippen LogP contribution in [0.5, 0.6) is 0 Å². The lowest BCUT2D eigenvalue weighted by molar-refractivity contribution is 0.387. The number of sulfonamides is 1. The quantitative estimate of drug-likeness (QED) is 0.657. The van der Waals surface area contributed by atoms with Gasteiger partial charge in [0, 0.05) is 24.7 Å². The number of hydrogen-bond acceptors (Lipinski definition) is 5. The van der Waals surface area contributed by atoms with Crippen molar-refractivity contribution in [2.75, 3.05) is 24.5 Å². The lowest BCUT2D eigenvalue weighted by Gasteiger charge is -2.30. The molecule has 8 heteroatoms. The monoisotopic (exact) mass is 419 g/mol. The van der Waals surface area contributed by atoms with Crippen LogP contribution in [0.25, 0.3) is 11.1 Å². The van der Waals surface area contributed by atoms with Crippen LogP contribution in [0.2, 0.25) is 5.02 Å². The highest BCUT2D eigenvalue weighted by atomic mass is 35.5. The molecule has 0 radical (unpaired) electrons. The van der Waals surface area contributed by atoms with Crippen LogP contribution in [0, 0.1) is 5.92 Å². The molecule has 1 N–H and O–H groups in total. The van der Waals surface area contributed by atoms with E-state index in [1.807, 2.05) is 24.3 Å². The molecule has 0 unspecified atom stereocenters. The largest absolute Gasteiger partial charge is 0.423 e. The summed E-state index contributed by atoms with van der Waals surface area (Å²) in [5, 5.41) is 0.541. The van der Waals surface area contributed by atoms with Gasteiger partial charge in [-0.3, -0.25) is 0 Å². The molecule has 6 nitrogen and oxygen atoms in total. The number of aromatic nitrogens is 1. The zero-order valence-electron chi connectivity index (χ0n) is 15.3. The van der Waals surface area contributed by atoms with Crippen molar-refractivity contribution in [2.24, 2.45) is 5.92 Å². The zero-order chi connectivity index (χ0) is 19.6. The molecule has 0 bridgehead atoms. The second-order valence-corrected chi connectivity index (χ2v) is 9.38. The molecule has 0 amide bonds. The van der Waals surface area contributed by atoms with E-state index in [0.717, 1.165) is 37.0 Å². The Bertz CT molecular complexity index is 1030. The van der Waals surface area contributed by atoms with Gasteiger partial charge in [-0.2, -0.15) is 4.98 Å². The van der Waals surface area contributed by atoms with Gasteiger partial charge in [0.05, 0.1) is 5.75 Å². The van der Waals surface area contributed by atoms with E-state index in [9.17, 15) is 8.42 Å². The fraction of sp³-hybridized carbons (Fsp3) is 0.350. The topological polar surface area (TPSA) is 75.4 Å². The van der Waals surface area contributed by atoms with E-state index in [0.29, 0.717) is 29.1 Å². The Morgan fingerprint density at radius 2 is 1.93 bits per heavy atom. The van der Waals surface area contributed by atoms with Gasteiger partial charge in [0.25, 0.3) is 6.01 Å². The summed E-state index contributed by atoms with van der Waals surface area (Å²) in [6, 6.07) is 15.3. The number of piperidine rings is 1. The lowest BCUT2D eigenvalue weighted by atomic mass is 9.97. The second-order valence-electron chi connectivity index (χ2n) is 7.13. The molecule has 1 aromatic heterocycles. The summed E-state index contributed by atoms with van der Waals surface area (Å²) >= 11 is 5.93. The van der Waals surface area contributed by atoms with E-state index in [2.05, 4.69) is 14.6 Å². The minimum atomic E-state index is -3.39. The summed E-state index contributed by atoms with van der Waals surface area (Å²) in [6.45, 7) is 2.05. The van der Waals surface area contributed by atoms with Crippen molar-refractivity contribution in [3.8, 4) is 0 Å². The summed E-state index contributed by atoms with van der Waals surface area (Å²) < 4.78 is 33.3. The number of anilines is 1. The number of hydrogen-bond donors (Lipinski definition) is 1. The maximum absolute atomic E-state index is 12.3. The Hall–Kier alpha value is -2.09. The summed E-state index contributed by atoms with van der Waals surface area (Å²) in [5.74, 6) is 0.240. The average Bonchev–Trinajstić information content (AvgIpc) is 3.11. The number of benzene rings is 2. The molecule has 0 saturated carbocycles. The minimum absolute atomic E-state index is 0.0602. The van der Waals surface area contributed by atoms with Gasteiger partial charge < -0.3 is 9.32 Å². The highest BCUT2D eigenvalue weighted by Gasteiger charge is 2.24. The Morgan fingerprint density at radius 3 is 2.68 bits per heavy atom. The molecule has 4 rings (SSSR count). The third-order valence-electron chi connectivity index (χ3n) is 5.01. The van der Waals surface area contributed by atoms with Gasteiger partial charge in [-0.15, -0.1) is 0 Å². The maximum atomic E-state index is 12.3. The predicted molar refractivity (Wildman–Crippen MR) is 111 cm³/mol. The molecule has 28 heavy (non-hydrogen) atoms. The second kappa shape index (κ2) is 8.11. The van der Waals surface area contributed by atoms with Crippen molar-refractivity contribution in [2.45, 2.75) is 18.6 Å². The van der Waals surface area contributed by atoms with E-state index < -0.39 is 10.0 Å². The first-order chi connectivity index (χ1) is 13.5. The predicted octanol–water partition coefficient (Wildman–Crippen LogP) is 3.82. The van der Waals surface area contributed by atoms with Crippen molar-refractivity contribution < 1.29 is 12.8 Å². The molecule has 1 aliphatic rings. The first-order valence-electron chi connectivity index (χ1n) is 9.31. The fourth-order valence-electron chi connectivity index (χ4n) is 3.47. The van der Waals surface area contributed by atoms with Crippen molar-refractivity contribution in [3.05, 3.63) is 59.1 Å². The van der Waals surface area contributed by atoms with Gasteiger partial charge in [0.1, 0.15) is 5.52 Å². The van der Waals surface area contributed by atoms with Gasteiger partial charge in [-0.25, -0.2) is 13.1 Å². The number of oxazole rings is 1. The molecule has 3 aromatic rings. The number of para-hydroxylation sites is 2. The first kappa shape index (κ1) is 19.2. The van der Waals surface area contributed by atoms with Crippen LogP contribution in [0.4, 0.5) is 6.01 Å². The number of nitrogens with zero attached hydrogens (tertiary/aromatic N) is 2. The normalized spacial score (nSPS) is 16.0. The Kier molecular flexibility index (Phi) is 5.57.